The van der Waals surface area contributed by atoms with E-state index in [9.17, 15) is 4.79 Å². The summed E-state index contributed by atoms with van der Waals surface area (Å²) in [7, 11) is 0. The molecule has 0 aliphatic carbocycles. The molecule has 0 aromatic carbocycles. The van der Waals surface area contributed by atoms with E-state index >= 15 is 0 Å². The number of hydrogen-bond donors (Lipinski definition) is 1. The van der Waals surface area contributed by atoms with E-state index in [1.165, 1.54) is 17.5 Å². The fourth-order valence-corrected chi connectivity index (χ4v) is 3.96. The summed E-state index contributed by atoms with van der Waals surface area (Å²) in [5.74, 6) is -0.503. The van der Waals surface area contributed by atoms with Crippen LogP contribution in [0.25, 0.3) is 11.3 Å². The first kappa shape index (κ1) is 19.9. The minimum atomic E-state index is -0.503. The number of rotatable bonds is 5. The monoisotopic (exact) mass is 440 g/mol. The average Bonchev–Trinajstić information content (AvgIpc) is 3.19. The van der Waals surface area contributed by atoms with Crippen molar-refractivity contribution in [3.8, 4) is 11.3 Å². The number of carbonyl (C=O) groups is 1. The van der Waals surface area contributed by atoms with Crippen molar-refractivity contribution in [2.75, 3.05) is 5.32 Å². The Kier molecular flexibility index (Phi) is 5.91. The van der Waals surface area contributed by atoms with Crippen LogP contribution in [0.15, 0.2) is 30.3 Å². The summed E-state index contributed by atoms with van der Waals surface area (Å²) in [5.41, 5.74) is 3.99. The van der Waals surface area contributed by atoms with E-state index in [1.807, 2.05) is 25.3 Å². The Morgan fingerprint density at radius 1 is 1.33 bits per heavy atom. The van der Waals surface area contributed by atoms with Crippen LogP contribution in [0.1, 0.15) is 21.9 Å². The van der Waals surface area contributed by atoms with E-state index in [-0.39, 0.29) is 20.8 Å². The molecule has 0 fully saturated rings. The van der Waals surface area contributed by atoms with E-state index < -0.39 is 5.91 Å². The average molecular weight is 442 g/mol. The molecule has 1 amide bonds. The summed E-state index contributed by atoms with van der Waals surface area (Å²) in [6.07, 6.45) is 3.14. The van der Waals surface area contributed by atoms with Crippen LogP contribution in [0.3, 0.4) is 0 Å². The van der Waals surface area contributed by atoms with E-state index in [0.29, 0.717) is 5.13 Å². The molecule has 5 nitrogen and oxygen atoms in total. The number of nitrogens with zero attached hydrogens (tertiary/aromatic N) is 3. The zero-order chi connectivity index (χ0) is 19.7. The van der Waals surface area contributed by atoms with Crippen LogP contribution in [0, 0.1) is 13.8 Å². The molecular formula is C18H15Cl3N4OS. The normalized spacial score (nSPS) is 10.9. The van der Waals surface area contributed by atoms with Gasteiger partial charge in [0.2, 0.25) is 0 Å². The van der Waals surface area contributed by atoms with Gasteiger partial charge >= 0.3 is 0 Å². The highest BCUT2D eigenvalue weighted by Gasteiger charge is 2.19. The number of pyridine rings is 1. The molecule has 0 saturated heterocycles. The Morgan fingerprint density at radius 2 is 2.07 bits per heavy atom. The second-order valence-electron chi connectivity index (χ2n) is 5.76. The van der Waals surface area contributed by atoms with Gasteiger partial charge in [-0.1, -0.05) is 40.9 Å². The zero-order valence-corrected chi connectivity index (χ0v) is 17.6. The lowest BCUT2D eigenvalue weighted by Crippen LogP contribution is -2.14. The molecule has 3 heterocycles. The van der Waals surface area contributed by atoms with Crippen LogP contribution in [0.5, 0.6) is 0 Å². The van der Waals surface area contributed by atoms with Gasteiger partial charge in [-0.25, -0.2) is 9.97 Å². The number of halogens is 3. The molecule has 0 aliphatic rings. The number of amides is 1. The maximum atomic E-state index is 12.4. The summed E-state index contributed by atoms with van der Waals surface area (Å²) in [5, 5.41) is 5.31. The Labute approximate surface area is 175 Å². The molecule has 3 aromatic rings. The molecular weight excluding hydrogens is 427 g/mol. The highest BCUT2D eigenvalue weighted by Crippen LogP contribution is 2.33. The second-order valence-corrected chi connectivity index (χ2v) is 7.78. The summed E-state index contributed by atoms with van der Waals surface area (Å²) < 4.78 is 2.15. The minimum absolute atomic E-state index is 0.00594. The van der Waals surface area contributed by atoms with Crippen molar-refractivity contribution >= 4 is 57.2 Å². The Bertz CT molecular complexity index is 1040. The maximum Gasteiger partial charge on any atom is 0.277 e. The molecule has 27 heavy (non-hydrogen) atoms. The van der Waals surface area contributed by atoms with Gasteiger partial charge in [0.05, 0.1) is 20.8 Å². The largest absolute Gasteiger partial charge is 0.345 e. The third-order valence-electron chi connectivity index (χ3n) is 4.02. The van der Waals surface area contributed by atoms with Gasteiger partial charge in [-0.2, -0.15) is 0 Å². The van der Waals surface area contributed by atoms with Crippen molar-refractivity contribution in [3.63, 3.8) is 0 Å². The smallest absolute Gasteiger partial charge is 0.277 e. The molecule has 0 spiro atoms. The van der Waals surface area contributed by atoms with Crippen LogP contribution < -0.4 is 5.32 Å². The zero-order valence-electron chi connectivity index (χ0n) is 14.5. The molecule has 0 bridgehead atoms. The van der Waals surface area contributed by atoms with Crippen molar-refractivity contribution < 1.29 is 4.79 Å². The molecule has 140 valence electrons. The number of thiazole rings is 1. The molecule has 0 radical (unpaired) electrons. The summed E-state index contributed by atoms with van der Waals surface area (Å²) in [6, 6.07) is 2.07. The number of aromatic nitrogens is 3. The molecule has 9 heteroatoms. The van der Waals surface area contributed by atoms with Crippen molar-refractivity contribution in [2.24, 2.45) is 0 Å². The molecule has 0 atom stereocenters. The standard InChI is InChI=1S/C18H15Cl3N4OS/c1-4-5-25-9(2)6-11(10(25)3)13-8-27-18(23-13)24-17(26)16-15(21)14(20)12(19)7-22-16/h4,6-8H,1,5H2,2-3H3,(H,23,24,26). The predicted octanol–water partition coefficient (Wildman–Crippen LogP) is 6.02. The van der Waals surface area contributed by atoms with Gasteiger partial charge in [0.25, 0.3) is 5.91 Å². The number of aryl methyl sites for hydroxylation is 1. The number of nitrogens with one attached hydrogen (secondary N) is 1. The Balaban J connectivity index is 1.85. The van der Waals surface area contributed by atoms with E-state index in [1.54, 1.807) is 0 Å². The number of anilines is 1. The molecule has 3 rings (SSSR count). The second kappa shape index (κ2) is 8.02. The molecule has 0 unspecified atom stereocenters. The van der Waals surface area contributed by atoms with Gasteiger partial charge in [-0.15, -0.1) is 17.9 Å². The van der Waals surface area contributed by atoms with Crippen molar-refractivity contribution in [2.45, 2.75) is 20.4 Å². The number of allylic oxidation sites excluding steroid dienone is 1. The SMILES string of the molecule is C=CCn1c(C)cc(-c2csc(NC(=O)c3ncc(Cl)c(Cl)c3Cl)n2)c1C. The summed E-state index contributed by atoms with van der Waals surface area (Å²) >= 11 is 19.2. The fraction of sp³-hybridized carbons (Fsp3) is 0.167. The van der Waals surface area contributed by atoms with Gasteiger partial charge in [-0.3, -0.25) is 10.1 Å². The number of hydrogen-bond acceptors (Lipinski definition) is 4. The van der Waals surface area contributed by atoms with E-state index in [2.05, 4.69) is 32.5 Å². The van der Waals surface area contributed by atoms with Crippen LogP contribution in [-0.2, 0) is 6.54 Å². The highest BCUT2D eigenvalue weighted by molar-refractivity contribution is 7.14. The van der Waals surface area contributed by atoms with Gasteiger partial charge < -0.3 is 4.57 Å². The van der Waals surface area contributed by atoms with Crippen molar-refractivity contribution in [1.29, 1.82) is 0 Å². The van der Waals surface area contributed by atoms with Crippen molar-refractivity contribution in [1.82, 2.24) is 14.5 Å². The first-order valence-electron chi connectivity index (χ1n) is 7.87. The summed E-state index contributed by atoms with van der Waals surface area (Å²) in [4.78, 5) is 20.9. The predicted molar refractivity (Wildman–Crippen MR) is 112 cm³/mol. The number of carbonyl (C=O) groups excluding carboxylic acids is 1. The van der Waals surface area contributed by atoms with E-state index in [0.717, 1.165) is 29.2 Å². The Morgan fingerprint density at radius 3 is 2.78 bits per heavy atom. The fourth-order valence-electron chi connectivity index (χ4n) is 2.68. The molecule has 1 N–H and O–H groups in total. The van der Waals surface area contributed by atoms with Gasteiger partial charge in [0.15, 0.2) is 5.13 Å². The van der Waals surface area contributed by atoms with Crippen LogP contribution in [0.4, 0.5) is 5.13 Å². The maximum absolute atomic E-state index is 12.4. The summed E-state index contributed by atoms with van der Waals surface area (Å²) in [6.45, 7) is 8.58. The van der Waals surface area contributed by atoms with Gasteiger partial charge in [-0.05, 0) is 19.9 Å². The third kappa shape index (κ3) is 3.89. The topological polar surface area (TPSA) is 59.8 Å². The van der Waals surface area contributed by atoms with Crippen LogP contribution in [0.2, 0.25) is 15.1 Å². The lowest BCUT2D eigenvalue weighted by molar-refractivity contribution is 0.102. The van der Waals surface area contributed by atoms with Gasteiger partial charge in [0, 0.05) is 35.1 Å². The lowest BCUT2D eigenvalue weighted by Gasteiger charge is -2.06. The molecule has 0 saturated carbocycles. The van der Waals surface area contributed by atoms with Crippen LogP contribution in [-0.4, -0.2) is 20.4 Å². The van der Waals surface area contributed by atoms with Crippen molar-refractivity contribution in [3.05, 3.63) is 62.4 Å². The minimum Gasteiger partial charge on any atom is -0.345 e. The lowest BCUT2D eigenvalue weighted by atomic mass is 10.2. The van der Waals surface area contributed by atoms with E-state index in [4.69, 9.17) is 34.8 Å². The third-order valence-corrected chi connectivity index (χ3v) is 6.02. The highest BCUT2D eigenvalue weighted by atomic mass is 35.5. The Hall–Kier alpha value is -1.86. The first-order valence-corrected chi connectivity index (χ1v) is 9.89. The van der Waals surface area contributed by atoms with Crippen LogP contribution >= 0.6 is 46.1 Å². The molecule has 0 aliphatic heterocycles. The van der Waals surface area contributed by atoms with Gasteiger partial charge in [0.1, 0.15) is 5.69 Å². The quantitative estimate of drug-likeness (QED) is 0.492. The first-order chi connectivity index (χ1) is 12.8. The molecule has 3 aromatic heterocycles.